The second-order valence-corrected chi connectivity index (χ2v) is 4.13. The molecule has 0 saturated carbocycles. The smallest absolute Gasteiger partial charge is 0.227 e. The van der Waals surface area contributed by atoms with Gasteiger partial charge in [0.2, 0.25) is 5.79 Å². The normalized spacial score (nSPS) is 37.8. The summed E-state index contributed by atoms with van der Waals surface area (Å²) in [5, 5.41) is 8.97. The highest BCUT2D eigenvalue weighted by atomic mass is 35.5. The van der Waals surface area contributed by atoms with Gasteiger partial charge < -0.3 is 14.6 Å². The molecule has 0 amide bonds. The van der Waals surface area contributed by atoms with Crippen molar-refractivity contribution in [3.63, 3.8) is 0 Å². The van der Waals surface area contributed by atoms with Crippen LogP contribution in [0.25, 0.3) is 0 Å². The van der Waals surface area contributed by atoms with Crippen LogP contribution in [0.2, 0.25) is 0 Å². The van der Waals surface area contributed by atoms with Crippen LogP contribution in [0.5, 0.6) is 0 Å². The van der Waals surface area contributed by atoms with Crippen LogP contribution < -0.4 is 0 Å². The Morgan fingerprint density at radius 3 is 2.23 bits per heavy atom. The molecule has 1 spiro atoms. The highest BCUT2D eigenvalue weighted by molar-refractivity contribution is 6.42. The fraction of sp³-hybridized carbons (Fsp3) is 0.714. The number of alkyl halides is 1. The van der Waals surface area contributed by atoms with E-state index in [-0.39, 0.29) is 10.1 Å². The van der Waals surface area contributed by atoms with E-state index in [2.05, 4.69) is 0 Å². The van der Waals surface area contributed by atoms with Crippen molar-refractivity contribution in [2.75, 3.05) is 13.2 Å². The molecule has 1 aliphatic heterocycles. The molecule has 1 aliphatic carbocycles. The third kappa shape index (κ3) is 1.23. The Balaban J connectivity index is 2.39. The lowest BCUT2D eigenvalue weighted by Crippen LogP contribution is -2.41. The van der Waals surface area contributed by atoms with Crippen LogP contribution in [0.4, 0.5) is 0 Å². The second-order valence-electron chi connectivity index (χ2n) is 2.87. The van der Waals surface area contributed by atoms with Gasteiger partial charge in [-0.1, -0.05) is 23.2 Å². The lowest BCUT2D eigenvalue weighted by atomic mass is 10.2. The molecule has 0 radical (unpaired) electrons. The van der Waals surface area contributed by atoms with Crippen LogP contribution in [-0.4, -0.2) is 35.6 Å². The van der Waals surface area contributed by atoms with Gasteiger partial charge in [0.15, 0.2) is 0 Å². The molecule has 2 atom stereocenters. The van der Waals surface area contributed by atoms with Gasteiger partial charge in [-0.05, 0) is 0 Å². The molecule has 1 N–H and O–H groups in total. The molecule has 3 nitrogen and oxygen atoms in total. The molecular weight excluding hydrogens is 238 g/mol. The fourth-order valence-electron chi connectivity index (χ4n) is 1.47. The summed E-state index contributed by atoms with van der Waals surface area (Å²) in [5.41, 5.74) is 0. The van der Waals surface area contributed by atoms with E-state index in [1.54, 1.807) is 0 Å². The maximum atomic E-state index is 9.50. The van der Waals surface area contributed by atoms with Crippen LogP contribution in [0, 0.1) is 0 Å². The average Bonchev–Trinajstić information content (AvgIpc) is 2.67. The highest BCUT2D eigenvalue weighted by Crippen LogP contribution is 2.48. The van der Waals surface area contributed by atoms with Crippen LogP contribution >= 0.6 is 34.8 Å². The van der Waals surface area contributed by atoms with E-state index in [9.17, 15) is 5.11 Å². The van der Waals surface area contributed by atoms with E-state index in [4.69, 9.17) is 44.3 Å². The summed E-state index contributed by atoms with van der Waals surface area (Å²) in [6.07, 6.45) is -1.02. The maximum Gasteiger partial charge on any atom is 0.227 e. The molecule has 0 aromatic heterocycles. The predicted molar refractivity (Wildman–Crippen MR) is 49.0 cm³/mol. The fourth-order valence-corrected chi connectivity index (χ4v) is 2.55. The Hall–Kier alpha value is 0.490. The molecule has 0 aromatic carbocycles. The Kier molecular flexibility index (Phi) is 2.51. The molecule has 6 heteroatoms. The summed E-state index contributed by atoms with van der Waals surface area (Å²) in [5.74, 6) is -1.22. The Morgan fingerprint density at radius 1 is 1.31 bits per heavy atom. The second kappa shape index (κ2) is 3.26. The zero-order valence-electron chi connectivity index (χ0n) is 6.47. The lowest BCUT2D eigenvalue weighted by Gasteiger charge is -2.26. The molecule has 1 heterocycles. The summed E-state index contributed by atoms with van der Waals surface area (Å²) in [6, 6.07) is 0. The minimum atomic E-state index is -1.22. The number of rotatable bonds is 0. The first-order valence-electron chi connectivity index (χ1n) is 3.75. The maximum absolute atomic E-state index is 9.50. The van der Waals surface area contributed by atoms with E-state index < -0.39 is 17.3 Å². The summed E-state index contributed by atoms with van der Waals surface area (Å²) in [4.78, 5) is 0. The summed E-state index contributed by atoms with van der Waals surface area (Å²) < 4.78 is 10.6. The van der Waals surface area contributed by atoms with E-state index >= 15 is 0 Å². The highest BCUT2D eigenvalue weighted by Gasteiger charge is 2.57. The van der Waals surface area contributed by atoms with E-state index in [0.717, 1.165) is 0 Å². The van der Waals surface area contributed by atoms with Gasteiger partial charge in [-0.15, -0.1) is 11.6 Å². The first kappa shape index (κ1) is 10.0. The standard InChI is InChI=1S/C7H7Cl3O3/c8-3-4(11)6(10)7(5(3)9)12-1-2-13-7/h4,6,11H,1-2H2. The number of hydrogen-bond donors (Lipinski definition) is 1. The molecule has 1 fully saturated rings. The molecule has 2 aliphatic rings. The molecule has 1 saturated heterocycles. The Bertz CT molecular complexity index is 260. The first-order chi connectivity index (χ1) is 6.09. The van der Waals surface area contributed by atoms with Crippen molar-refractivity contribution in [1.29, 1.82) is 0 Å². The van der Waals surface area contributed by atoms with Gasteiger partial charge in [0.25, 0.3) is 0 Å². The topological polar surface area (TPSA) is 38.7 Å². The Labute approximate surface area is 90.2 Å². The third-order valence-electron chi connectivity index (χ3n) is 2.13. The van der Waals surface area contributed by atoms with E-state index in [1.807, 2.05) is 0 Å². The SMILES string of the molecule is OC1C(Cl)=C(Cl)C2(OCCO2)C1Cl. The molecule has 0 aromatic rings. The number of aliphatic hydroxyl groups is 1. The zero-order chi connectivity index (χ0) is 9.64. The average molecular weight is 245 g/mol. The molecule has 0 bridgehead atoms. The first-order valence-corrected chi connectivity index (χ1v) is 4.94. The number of halogens is 3. The van der Waals surface area contributed by atoms with Gasteiger partial charge >= 0.3 is 0 Å². The van der Waals surface area contributed by atoms with Gasteiger partial charge in [-0.25, -0.2) is 0 Å². The van der Waals surface area contributed by atoms with Crippen molar-refractivity contribution in [2.24, 2.45) is 0 Å². The molecule has 2 rings (SSSR count). The molecular formula is C7H7Cl3O3. The van der Waals surface area contributed by atoms with Crippen molar-refractivity contribution in [1.82, 2.24) is 0 Å². The minimum Gasteiger partial charge on any atom is -0.386 e. The van der Waals surface area contributed by atoms with Gasteiger partial charge in [0.1, 0.15) is 11.5 Å². The molecule has 13 heavy (non-hydrogen) atoms. The third-order valence-corrected chi connectivity index (χ3v) is 3.63. The zero-order valence-corrected chi connectivity index (χ0v) is 8.73. The van der Waals surface area contributed by atoms with Crippen LogP contribution in [0.3, 0.4) is 0 Å². The monoisotopic (exact) mass is 244 g/mol. The van der Waals surface area contributed by atoms with Crippen molar-refractivity contribution in [3.05, 3.63) is 10.1 Å². The largest absolute Gasteiger partial charge is 0.386 e. The van der Waals surface area contributed by atoms with E-state index in [0.29, 0.717) is 13.2 Å². The van der Waals surface area contributed by atoms with Gasteiger partial charge in [0.05, 0.1) is 23.3 Å². The van der Waals surface area contributed by atoms with Crippen molar-refractivity contribution in [3.8, 4) is 0 Å². The molecule has 2 unspecified atom stereocenters. The van der Waals surface area contributed by atoms with Crippen molar-refractivity contribution >= 4 is 34.8 Å². The van der Waals surface area contributed by atoms with Gasteiger partial charge in [-0.2, -0.15) is 0 Å². The van der Waals surface area contributed by atoms with Gasteiger partial charge in [0, 0.05) is 0 Å². The quantitative estimate of drug-likeness (QED) is 0.656. The van der Waals surface area contributed by atoms with Crippen molar-refractivity contribution < 1.29 is 14.6 Å². The van der Waals surface area contributed by atoms with Gasteiger partial charge in [-0.3, -0.25) is 0 Å². The van der Waals surface area contributed by atoms with E-state index in [1.165, 1.54) is 0 Å². The summed E-state index contributed by atoms with van der Waals surface area (Å²) in [7, 11) is 0. The molecule has 74 valence electrons. The van der Waals surface area contributed by atoms with Crippen LogP contribution in [-0.2, 0) is 9.47 Å². The predicted octanol–water partition coefficient (Wildman–Crippen LogP) is 1.40. The summed E-state index contributed by atoms with van der Waals surface area (Å²) >= 11 is 17.5. The summed E-state index contributed by atoms with van der Waals surface area (Å²) in [6.45, 7) is 0.798. The van der Waals surface area contributed by atoms with Crippen LogP contribution in [0.1, 0.15) is 0 Å². The van der Waals surface area contributed by atoms with Crippen LogP contribution in [0.15, 0.2) is 10.1 Å². The minimum absolute atomic E-state index is 0.101. The number of ether oxygens (including phenoxy) is 2. The number of aliphatic hydroxyl groups excluding tert-OH is 1. The Morgan fingerprint density at radius 2 is 1.85 bits per heavy atom. The van der Waals surface area contributed by atoms with Crippen molar-refractivity contribution in [2.45, 2.75) is 17.3 Å². The number of hydrogen-bond acceptors (Lipinski definition) is 3. The lowest BCUT2D eigenvalue weighted by molar-refractivity contribution is -0.124.